The van der Waals surface area contributed by atoms with Gasteiger partial charge in [0.05, 0.1) is 12.1 Å². The first kappa shape index (κ1) is 6.12. The lowest BCUT2D eigenvalue weighted by Crippen LogP contribution is -1.84. The lowest BCUT2D eigenvalue weighted by atomic mass is 10.4. The molecule has 0 atom stereocenters. The number of nitrogen functional groups attached to an aromatic ring is 1. The fourth-order valence-electron chi connectivity index (χ4n) is 0.508. The second kappa shape index (κ2) is 2.51. The summed E-state index contributed by atoms with van der Waals surface area (Å²) in [5.74, 6) is 2.49. The summed E-state index contributed by atoms with van der Waals surface area (Å²) in [6, 6.07) is 0. The molecule has 0 fully saturated rings. The summed E-state index contributed by atoms with van der Waals surface area (Å²) >= 11 is 1.42. The molecular formula is C6H6N2S. The topological polar surface area (TPSA) is 38.9 Å². The molecule has 0 aliphatic carbocycles. The molecule has 0 bridgehead atoms. The maximum Gasteiger partial charge on any atom is 0.180 e. The third-order valence-corrected chi connectivity index (χ3v) is 1.58. The van der Waals surface area contributed by atoms with Crippen molar-refractivity contribution in [3.63, 3.8) is 0 Å². The zero-order chi connectivity index (χ0) is 6.69. The Morgan fingerprint density at radius 1 is 1.89 bits per heavy atom. The van der Waals surface area contributed by atoms with Gasteiger partial charge in [-0.05, 0) is 0 Å². The van der Waals surface area contributed by atoms with Crippen LogP contribution >= 0.6 is 11.3 Å². The molecule has 2 N–H and O–H groups in total. The first-order valence-corrected chi connectivity index (χ1v) is 3.34. The van der Waals surface area contributed by atoms with Crippen LogP contribution in [0.15, 0.2) is 5.38 Å². The standard InChI is InChI=1S/C6H6N2S/c1-2-3-5-4-9-6(7)8-5/h1,4H,3H2,(H2,7,8). The molecule has 0 saturated heterocycles. The lowest BCUT2D eigenvalue weighted by molar-refractivity contribution is 1.19. The molecule has 1 aromatic heterocycles. The molecule has 0 aromatic carbocycles. The van der Waals surface area contributed by atoms with Gasteiger partial charge in [-0.3, -0.25) is 0 Å². The molecule has 3 heteroatoms. The SMILES string of the molecule is C#CCc1csc(N)n1. The van der Waals surface area contributed by atoms with E-state index in [9.17, 15) is 0 Å². The van der Waals surface area contributed by atoms with Gasteiger partial charge in [-0.1, -0.05) is 0 Å². The van der Waals surface area contributed by atoms with Crippen LogP contribution in [0.5, 0.6) is 0 Å². The minimum absolute atomic E-state index is 0.577. The number of rotatable bonds is 1. The molecule has 0 aliphatic rings. The summed E-state index contributed by atoms with van der Waals surface area (Å²) in [6.45, 7) is 0. The summed E-state index contributed by atoms with van der Waals surface area (Å²) in [5, 5.41) is 2.45. The summed E-state index contributed by atoms with van der Waals surface area (Å²) in [5.41, 5.74) is 6.24. The van der Waals surface area contributed by atoms with Crippen molar-refractivity contribution in [3.8, 4) is 12.3 Å². The Morgan fingerprint density at radius 2 is 2.67 bits per heavy atom. The van der Waals surface area contributed by atoms with Gasteiger partial charge in [-0.25, -0.2) is 4.98 Å². The van der Waals surface area contributed by atoms with Crippen molar-refractivity contribution >= 4 is 16.5 Å². The molecule has 2 nitrogen and oxygen atoms in total. The predicted octanol–water partition coefficient (Wildman–Crippen LogP) is 0.901. The van der Waals surface area contributed by atoms with E-state index in [1.54, 1.807) is 0 Å². The van der Waals surface area contributed by atoms with Gasteiger partial charge in [0.25, 0.3) is 0 Å². The molecule has 0 unspecified atom stereocenters. The highest BCUT2D eigenvalue weighted by Crippen LogP contribution is 2.10. The molecular weight excluding hydrogens is 132 g/mol. The predicted molar refractivity (Wildman–Crippen MR) is 39.1 cm³/mol. The van der Waals surface area contributed by atoms with Gasteiger partial charge in [0.1, 0.15) is 0 Å². The molecule has 0 saturated carbocycles. The summed E-state index contributed by atoms with van der Waals surface area (Å²) in [7, 11) is 0. The second-order valence-corrected chi connectivity index (χ2v) is 2.45. The third kappa shape index (κ3) is 1.44. The molecule has 1 rings (SSSR count). The number of nitrogens with two attached hydrogens (primary N) is 1. The highest BCUT2D eigenvalue weighted by atomic mass is 32.1. The number of nitrogens with zero attached hydrogens (tertiary/aromatic N) is 1. The number of thiazole rings is 1. The van der Waals surface area contributed by atoms with E-state index >= 15 is 0 Å². The lowest BCUT2D eigenvalue weighted by Gasteiger charge is -1.79. The van der Waals surface area contributed by atoms with Crippen molar-refractivity contribution in [1.82, 2.24) is 4.98 Å². The Morgan fingerprint density at radius 3 is 3.11 bits per heavy atom. The Bertz CT molecular complexity index is 233. The number of anilines is 1. The minimum atomic E-state index is 0.577. The van der Waals surface area contributed by atoms with Crippen LogP contribution in [0, 0.1) is 12.3 Å². The van der Waals surface area contributed by atoms with Crippen LogP contribution in [0.4, 0.5) is 5.13 Å². The van der Waals surface area contributed by atoms with Crippen LogP contribution in [0.2, 0.25) is 0 Å². The average molecular weight is 138 g/mol. The Hall–Kier alpha value is -1.01. The van der Waals surface area contributed by atoms with Crippen molar-refractivity contribution < 1.29 is 0 Å². The van der Waals surface area contributed by atoms with Gasteiger partial charge in [0.15, 0.2) is 5.13 Å². The molecule has 46 valence electrons. The Kier molecular flexibility index (Phi) is 1.71. The van der Waals surface area contributed by atoms with Crippen molar-refractivity contribution in [2.75, 3.05) is 5.73 Å². The monoisotopic (exact) mass is 138 g/mol. The van der Waals surface area contributed by atoms with Crippen molar-refractivity contribution in [2.45, 2.75) is 6.42 Å². The van der Waals surface area contributed by atoms with E-state index in [-0.39, 0.29) is 0 Å². The average Bonchev–Trinajstić information content (AvgIpc) is 2.17. The summed E-state index contributed by atoms with van der Waals surface area (Å²) in [4.78, 5) is 3.95. The van der Waals surface area contributed by atoms with Gasteiger partial charge >= 0.3 is 0 Å². The van der Waals surface area contributed by atoms with Crippen molar-refractivity contribution in [2.24, 2.45) is 0 Å². The van der Waals surface area contributed by atoms with Crippen molar-refractivity contribution in [1.29, 1.82) is 0 Å². The second-order valence-electron chi connectivity index (χ2n) is 1.56. The van der Waals surface area contributed by atoms with E-state index in [0.717, 1.165) is 5.69 Å². The van der Waals surface area contributed by atoms with Gasteiger partial charge in [0.2, 0.25) is 0 Å². The summed E-state index contributed by atoms with van der Waals surface area (Å²) < 4.78 is 0. The van der Waals surface area contributed by atoms with Crippen LogP contribution in [-0.4, -0.2) is 4.98 Å². The van der Waals surface area contributed by atoms with Gasteiger partial charge in [-0.15, -0.1) is 23.7 Å². The van der Waals surface area contributed by atoms with E-state index in [4.69, 9.17) is 12.2 Å². The number of aromatic nitrogens is 1. The summed E-state index contributed by atoms with van der Waals surface area (Å²) in [6.07, 6.45) is 5.62. The van der Waals surface area contributed by atoms with Gasteiger partial charge in [0, 0.05) is 5.38 Å². The zero-order valence-corrected chi connectivity index (χ0v) is 5.61. The highest BCUT2D eigenvalue weighted by Gasteiger charge is 1.93. The smallest absolute Gasteiger partial charge is 0.180 e. The van der Waals surface area contributed by atoms with Gasteiger partial charge < -0.3 is 5.73 Å². The first-order valence-electron chi connectivity index (χ1n) is 2.46. The normalized spacial score (nSPS) is 8.78. The van der Waals surface area contributed by atoms with Crippen LogP contribution in [-0.2, 0) is 6.42 Å². The maximum absolute atomic E-state index is 5.35. The molecule has 1 heterocycles. The van der Waals surface area contributed by atoms with Crippen molar-refractivity contribution in [3.05, 3.63) is 11.1 Å². The van der Waals surface area contributed by atoms with Crippen LogP contribution in [0.3, 0.4) is 0 Å². The van der Waals surface area contributed by atoms with Crippen LogP contribution in [0.25, 0.3) is 0 Å². The quantitative estimate of drug-likeness (QED) is 0.585. The zero-order valence-electron chi connectivity index (χ0n) is 4.79. The van der Waals surface area contributed by atoms with Crippen LogP contribution < -0.4 is 5.73 Å². The first-order chi connectivity index (χ1) is 4.33. The molecule has 9 heavy (non-hydrogen) atoms. The number of hydrogen-bond donors (Lipinski definition) is 1. The number of terminal acetylenes is 1. The Balaban J connectivity index is 2.76. The van der Waals surface area contributed by atoms with E-state index in [2.05, 4.69) is 10.9 Å². The van der Waals surface area contributed by atoms with E-state index in [1.165, 1.54) is 11.3 Å². The van der Waals surface area contributed by atoms with Gasteiger partial charge in [-0.2, -0.15) is 0 Å². The number of hydrogen-bond acceptors (Lipinski definition) is 3. The third-order valence-electron chi connectivity index (χ3n) is 0.853. The highest BCUT2D eigenvalue weighted by molar-refractivity contribution is 7.13. The van der Waals surface area contributed by atoms with E-state index in [0.29, 0.717) is 11.6 Å². The molecule has 0 spiro atoms. The Labute approximate surface area is 57.7 Å². The molecule has 1 aromatic rings. The fraction of sp³-hybridized carbons (Fsp3) is 0.167. The molecule has 0 amide bonds. The minimum Gasteiger partial charge on any atom is -0.375 e. The fourth-order valence-corrected chi connectivity index (χ4v) is 1.07. The molecule has 0 aliphatic heterocycles. The largest absolute Gasteiger partial charge is 0.375 e. The maximum atomic E-state index is 5.35. The molecule has 0 radical (unpaired) electrons. The van der Waals surface area contributed by atoms with E-state index in [1.807, 2.05) is 5.38 Å². The van der Waals surface area contributed by atoms with E-state index < -0.39 is 0 Å². The van der Waals surface area contributed by atoms with Crippen LogP contribution in [0.1, 0.15) is 5.69 Å².